The summed E-state index contributed by atoms with van der Waals surface area (Å²) in [6, 6.07) is 7.94. The van der Waals surface area contributed by atoms with Crippen LogP contribution in [-0.2, 0) is 0 Å². The molecule has 0 bridgehead atoms. The first kappa shape index (κ1) is 10.6. The van der Waals surface area contributed by atoms with Crippen molar-refractivity contribution in [3.05, 3.63) is 36.4 Å². The minimum atomic E-state index is 0.432. The molecule has 0 aliphatic carbocycles. The molecule has 0 fully saturated rings. The Hall–Kier alpha value is -1.88. The van der Waals surface area contributed by atoms with Gasteiger partial charge in [-0.3, -0.25) is 5.43 Å². The first-order chi connectivity index (χ1) is 7.79. The van der Waals surface area contributed by atoms with Crippen LogP contribution < -0.4 is 11.2 Å². The summed E-state index contributed by atoms with van der Waals surface area (Å²) in [7, 11) is 0. The van der Waals surface area contributed by atoms with Crippen molar-refractivity contribution in [2.45, 2.75) is 6.92 Å². The van der Waals surface area contributed by atoms with Gasteiger partial charge in [0.15, 0.2) is 0 Å². The van der Waals surface area contributed by atoms with Crippen LogP contribution in [0.3, 0.4) is 0 Å². The van der Waals surface area contributed by atoms with Gasteiger partial charge in [0, 0.05) is 0 Å². The quantitative estimate of drug-likeness (QED) is 0.485. The summed E-state index contributed by atoms with van der Waals surface area (Å²) in [4.78, 5) is 4.37. The van der Waals surface area contributed by atoms with Crippen molar-refractivity contribution in [2.75, 3.05) is 5.43 Å². The van der Waals surface area contributed by atoms with E-state index in [2.05, 4.69) is 15.5 Å². The van der Waals surface area contributed by atoms with E-state index in [-0.39, 0.29) is 0 Å². The van der Waals surface area contributed by atoms with Crippen LogP contribution >= 0.6 is 11.3 Å². The van der Waals surface area contributed by atoms with Crippen LogP contribution in [0.4, 0.5) is 5.13 Å². The van der Waals surface area contributed by atoms with Crippen LogP contribution in [0.25, 0.3) is 10.2 Å². The number of amidine groups is 1. The highest BCUT2D eigenvalue weighted by molar-refractivity contribution is 7.22. The average molecular weight is 232 g/mol. The molecule has 0 aliphatic rings. The number of aromatic nitrogens is 1. The van der Waals surface area contributed by atoms with Crippen molar-refractivity contribution in [3.8, 4) is 0 Å². The van der Waals surface area contributed by atoms with Gasteiger partial charge in [-0.25, -0.2) is 4.98 Å². The third kappa shape index (κ3) is 2.38. The van der Waals surface area contributed by atoms with E-state index in [0.29, 0.717) is 5.84 Å². The van der Waals surface area contributed by atoms with Crippen molar-refractivity contribution in [1.82, 2.24) is 4.98 Å². The Morgan fingerprint density at radius 1 is 1.50 bits per heavy atom. The first-order valence-electron chi connectivity index (χ1n) is 4.87. The summed E-state index contributed by atoms with van der Waals surface area (Å²) in [6.07, 6.45) is 3.55. The summed E-state index contributed by atoms with van der Waals surface area (Å²) in [5.41, 5.74) is 9.41. The van der Waals surface area contributed by atoms with Crippen molar-refractivity contribution in [2.24, 2.45) is 10.8 Å². The Morgan fingerprint density at radius 2 is 2.31 bits per heavy atom. The fraction of sp³-hybridized carbons (Fsp3) is 0.0909. The maximum Gasteiger partial charge on any atom is 0.204 e. The van der Waals surface area contributed by atoms with Crippen LogP contribution in [0, 0.1) is 0 Å². The van der Waals surface area contributed by atoms with Crippen LogP contribution in [-0.4, -0.2) is 10.8 Å². The third-order valence-corrected chi connectivity index (χ3v) is 2.85. The van der Waals surface area contributed by atoms with Gasteiger partial charge >= 0.3 is 0 Å². The lowest BCUT2D eigenvalue weighted by Crippen LogP contribution is -2.09. The molecule has 1 aromatic carbocycles. The van der Waals surface area contributed by atoms with Gasteiger partial charge < -0.3 is 5.73 Å². The molecule has 16 heavy (non-hydrogen) atoms. The zero-order chi connectivity index (χ0) is 11.4. The number of nitrogens with two attached hydrogens (primary N) is 1. The number of nitrogens with zero attached hydrogens (tertiary/aromatic N) is 2. The average Bonchev–Trinajstić information content (AvgIpc) is 2.69. The SMILES string of the molecule is C/C=C/C(N)=N\Nc1nc2ccccc2s1. The largest absolute Gasteiger partial charge is 0.382 e. The number of fused-ring (bicyclic) bond motifs is 1. The Morgan fingerprint density at radius 3 is 3.06 bits per heavy atom. The van der Waals surface area contributed by atoms with Crippen molar-refractivity contribution in [1.29, 1.82) is 0 Å². The van der Waals surface area contributed by atoms with Crippen LogP contribution in [0.15, 0.2) is 41.5 Å². The number of hydrogen-bond donors (Lipinski definition) is 2. The molecular formula is C11H12N4S. The normalized spacial score (nSPS) is 12.4. The standard InChI is InChI=1S/C11H12N4S/c1-2-5-10(12)14-15-11-13-8-6-3-4-7-9(8)16-11/h2-7H,1H3,(H2,12,14)(H,13,15)/b5-2+. The number of para-hydroxylation sites is 1. The van der Waals surface area contributed by atoms with E-state index in [1.165, 1.54) is 0 Å². The van der Waals surface area contributed by atoms with E-state index >= 15 is 0 Å². The molecule has 0 amide bonds. The van der Waals surface area contributed by atoms with Crippen molar-refractivity contribution < 1.29 is 0 Å². The van der Waals surface area contributed by atoms with Gasteiger partial charge in [-0.1, -0.05) is 29.5 Å². The van der Waals surface area contributed by atoms with Gasteiger partial charge in [-0.2, -0.15) is 5.10 Å². The Bertz CT molecular complexity index is 509. The number of rotatable bonds is 3. The molecule has 0 radical (unpaired) electrons. The predicted octanol–water partition coefficient (Wildman–Crippen LogP) is 2.56. The highest BCUT2D eigenvalue weighted by Crippen LogP contribution is 2.25. The van der Waals surface area contributed by atoms with E-state index in [0.717, 1.165) is 15.3 Å². The third-order valence-electron chi connectivity index (χ3n) is 1.91. The van der Waals surface area contributed by atoms with Gasteiger partial charge in [0.1, 0.15) is 5.84 Å². The second kappa shape index (κ2) is 4.76. The summed E-state index contributed by atoms with van der Waals surface area (Å²) in [5.74, 6) is 0.432. The van der Waals surface area contributed by atoms with Crippen molar-refractivity contribution >= 4 is 32.5 Å². The number of hydrazone groups is 1. The molecule has 5 heteroatoms. The van der Waals surface area contributed by atoms with E-state index in [1.54, 1.807) is 17.4 Å². The molecule has 0 spiro atoms. The number of thiazole rings is 1. The Kier molecular flexibility index (Phi) is 3.16. The molecule has 4 nitrogen and oxygen atoms in total. The molecular weight excluding hydrogens is 220 g/mol. The molecule has 0 atom stereocenters. The monoisotopic (exact) mass is 232 g/mol. The summed E-state index contributed by atoms with van der Waals surface area (Å²) < 4.78 is 1.13. The maximum absolute atomic E-state index is 5.60. The number of anilines is 1. The number of nitrogens with one attached hydrogen (secondary N) is 1. The molecule has 1 heterocycles. The molecule has 0 saturated carbocycles. The fourth-order valence-electron chi connectivity index (χ4n) is 1.24. The Balaban J connectivity index is 2.19. The molecule has 0 aliphatic heterocycles. The first-order valence-corrected chi connectivity index (χ1v) is 5.68. The van der Waals surface area contributed by atoms with E-state index in [4.69, 9.17) is 5.73 Å². The van der Waals surface area contributed by atoms with Crippen molar-refractivity contribution in [3.63, 3.8) is 0 Å². The van der Waals surface area contributed by atoms with Gasteiger partial charge in [0.05, 0.1) is 10.2 Å². The molecule has 1 aromatic heterocycles. The molecule has 2 aromatic rings. The predicted molar refractivity (Wildman–Crippen MR) is 69.7 cm³/mol. The zero-order valence-electron chi connectivity index (χ0n) is 8.84. The van der Waals surface area contributed by atoms with Crippen LogP contribution in [0.5, 0.6) is 0 Å². The topological polar surface area (TPSA) is 63.3 Å². The van der Waals surface area contributed by atoms with Crippen LogP contribution in [0.2, 0.25) is 0 Å². The summed E-state index contributed by atoms with van der Waals surface area (Å²) >= 11 is 1.55. The van der Waals surface area contributed by atoms with Gasteiger partial charge in [-0.05, 0) is 25.1 Å². The molecule has 0 saturated heterocycles. The highest BCUT2D eigenvalue weighted by Gasteiger charge is 2.00. The number of hydrogen-bond acceptors (Lipinski definition) is 4. The van der Waals surface area contributed by atoms with Crippen LogP contribution in [0.1, 0.15) is 6.92 Å². The number of allylic oxidation sites excluding steroid dienone is 1. The smallest absolute Gasteiger partial charge is 0.204 e. The molecule has 0 unspecified atom stereocenters. The molecule has 3 N–H and O–H groups in total. The summed E-state index contributed by atoms with van der Waals surface area (Å²) in [5, 5.41) is 4.73. The van der Waals surface area contributed by atoms with Gasteiger partial charge in [0.25, 0.3) is 0 Å². The minimum Gasteiger partial charge on any atom is -0.382 e. The van der Waals surface area contributed by atoms with E-state index < -0.39 is 0 Å². The zero-order valence-corrected chi connectivity index (χ0v) is 9.66. The minimum absolute atomic E-state index is 0.432. The summed E-state index contributed by atoms with van der Waals surface area (Å²) in [6.45, 7) is 1.89. The molecule has 2 rings (SSSR count). The van der Waals surface area contributed by atoms with Gasteiger partial charge in [-0.15, -0.1) is 0 Å². The highest BCUT2D eigenvalue weighted by atomic mass is 32.1. The molecule has 82 valence electrons. The lowest BCUT2D eigenvalue weighted by molar-refractivity contribution is 1.29. The van der Waals surface area contributed by atoms with E-state index in [1.807, 2.05) is 37.3 Å². The van der Waals surface area contributed by atoms with E-state index in [9.17, 15) is 0 Å². The fourth-order valence-corrected chi connectivity index (χ4v) is 2.05. The second-order valence-corrected chi connectivity index (χ2v) is 4.17. The lowest BCUT2D eigenvalue weighted by Gasteiger charge is -1.93. The Labute approximate surface area is 97.5 Å². The van der Waals surface area contributed by atoms with Gasteiger partial charge in [0.2, 0.25) is 5.13 Å². The maximum atomic E-state index is 5.60. The number of benzene rings is 1. The lowest BCUT2D eigenvalue weighted by atomic mass is 10.3. The second-order valence-electron chi connectivity index (χ2n) is 3.14.